The lowest BCUT2D eigenvalue weighted by Crippen LogP contribution is -2.48. The number of piperidine rings is 2. The van der Waals surface area contributed by atoms with Gasteiger partial charge in [0.1, 0.15) is 11.1 Å². The number of rotatable bonds is 3. The van der Waals surface area contributed by atoms with Gasteiger partial charge < -0.3 is 9.64 Å². The summed E-state index contributed by atoms with van der Waals surface area (Å²) in [5.41, 5.74) is 0.451. The molecular formula is C17H20N2O2S2. The zero-order chi connectivity index (χ0) is 14.9. The minimum absolute atomic E-state index is 0. The van der Waals surface area contributed by atoms with Gasteiger partial charge in [-0.1, -0.05) is 13.5 Å². The van der Waals surface area contributed by atoms with Gasteiger partial charge in [0, 0.05) is 24.4 Å². The van der Waals surface area contributed by atoms with Gasteiger partial charge >= 0.3 is 5.97 Å². The van der Waals surface area contributed by atoms with Gasteiger partial charge in [0.15, 0.2) is 5.69 Å². The molecule has 4 heterocycles. The van der Waals surface area contributed by atoms with Crippen molar-refractivity contribution in [1.82, 2.24) is 9.88 Å². The minimum atomic E-state index is -0.261. The van der Waals surface area contributed by atoms with Crippen LogP contribution in [0.1, 0.15) is 29.8 Å². The maximum absolute atomic E-state index is 12.4. The molecule has 2 aliphatic heterocycles. The van der Waals surface area contributed by atoms with Crippen molar-refractivity contribution < 1.29 is 9.53 Å². The number of nitrogens with zero attached hydrogens (tertiary/aromatic N) is 2. The van der Waals surface area contributed by atoms with Crippen LogP contribution < -0.4 is 0 Å². The highest BCUT2D eigenvalue weighted by Gasteiger charge is 2.34. The second kappa shape index (κ2) is 7.11. The Kier molecular flexibility index (Phi) is 5.14. The minimum Gasteiger partial charge on any atom is -0.457 e. The first kappa shape index (κ1) is 16.6. The average molecular weight is 348 g/mol. The fraction of sp³-hybridized carbons (Fsp3) is 0.471. The summed E-state index contributed by atoms with van der Waals surface area (Å²) in [6.07, 6.45) is 3.42. The summed E-state index contributed by atoms with van der Waals surface area (Å²) >= 11 is 3.14. The summed E-state index contributed by atoms with van der Waals surface area (Å²) in [5.74, 6) is 0.241. The molecule has 3 unspecified atom stereocenters. The molecule has 3 atom stereocenters. The Morgan fingerprint density at radius 1 is 1.30 bits per heavy atom. The molecule has 0 aromatic carbocycles. The van der Waals surface area contributed by atoms with Gasteiger partial charge in [-0.3, -0.25) is 0 Å². The van der Waals surface area contributed by atoms with Crippen LogP contribution in [0, 0.1) is 13.3 Å². The molecule has 4 rings (SSSR count). The molecule has 0 amide bonds. The maximum atomic E-state index is 12.4. The molecule has 2 aromatic rings. The number of carbonyl (C=O) groups is 1. The highest BCUT2D eigenvalue weighted by atomic mass is 32.1. The molecule has 6 heteroatoms. The fourth-order valence-electron chi connectivity index (χ4n) is 3.38. The molecule has 0 N–H and O–H groups in total. The van der Waals surface area contributed by atoms with E-state index < -0.39 is 0 Å². The Bertz CT molecular complexity index is 653. The van der Waals surface area contributed by atoms with E-state index in [-0.39, 0.29) is 19.5 Å². The number of fused-ring (bicyclic) bond motifs is 2. The predicted molar refractivity (Wildman–Crippen MR) is 93.8 cm³/mol. The summed E-state index contributed by atoms with van der Waals surface area (Å²) < 4.78 is 5.78. The molecule has 2 fully saturated rings. The predicted octanol–water partition coefficient (Wildman–Crippen LogP) is 3.84. The lowest BCUT2D eigenvalue weighted by atomic mass is 9.87. The third kappa shape index (κ3) is 3.49. The van der Waals surface area contributed by atoms with Crippen molar-refractivity contribution in [2.45, 2.75) is 25.4 Å². The Hall–Kier alpha value is -1.24. The van der Waals surface area contributed by atoms with E-state index >= 15 is 0 Å². The molecule has 0 spiro atoms. The Morgan fingerprint density at radius 2 is 2.22 bits per heavy atom. The van der Waals surface area contributed by atoms with E-state index in [1.165, 1.54) is 30.7 Å². The number of hydrogen-bond donors (Lipinski definition) is 0. The second-order valence-electron chi connectivity index (χ2n) is 5.95. The van der Waals surface area contributed by atoms with Gasteiger partial charge in [0.05, 0.1) is 4.88 Å². The third-order valence-corrected chi connectivity index (χ3v) is 6.38. The number of ether oxygens (including phenoxy) is 1. The zero-order valence-corrected chi connectivity index (χ0v) is 14.6. The SMILES string of the molecule is O=C(OC1CCN2CCCC1C2)c1csc(-c2cccs2)n1.[CH2]. The van der Waals surface area contributed by atoms with Crippen molar-refractivity contribution in [3.05, 3.63) is 36.0 Å². The molecule has 122 valence electrons. The summed E-state index contributed by atoms with van der Waals surface area (Å²) in [5, 5.41) is 4.73. The molecule has 2 aromatic heterocycles. The van der Waals surface area contributed by atoms with Crippen LogP contribution in [0.2, 0.25) is 0 Å². The van der Waals surface area contributed by atoms with Gasteiger partial charge in [0.25, 0.3) is 0 Å². The van der Waals surface area contributed by atoms with Crippen LogP contribution in [0.4, 0.5) is 0 Å². The summed E-state index contributed by atoms with van der Waals surface area (Å²) in [7, 11) is 0. The molecule has 0 aliphatic carbocycles. The van der Waals surface area contributed by atoms with E-state index in [1.54, 1.807) is 11.3 Å². The number of aromatic nitrogens is 1. The molecule has 4 nitrogen and oxygen atoms in total. The molecule has 2 saturated heterocycles. The highest BCUT2D eigenvalue weighted by Crippen LogP contribution is 2.31. The monoisotopic (exact) mass is 348 g/mol. The lowest BCUT2D eigenvalue weighted by molar-refractivity contribution is -0.0296. The van der Waals surface area contributed by atoms with Crippen LogP contribution >= 0.6 is 22.7 Å². The van der Waals surface area contributed by atoms with Gasteiger partial charge in [0.2, 0.25) is 0 Å². The van der Waals surface area contributed by atoms with E-state index in [4.69, 9.17) is 4.74 Å². The zero-order valence-electron chi connectivity index (χ0n) is 12.9. The Morgan fingerprint density at radius 3 is 3.04 bits per heavy atom. The van der Waals surface area contributed by atoms with Crippen molar-refractivity contribution in [3.63, 3.8) is 0 Å². The van der Waals surface area contributed by atoms with Crippen LogP contribution in [0.15, 0.2) is 22.9 Å². The number of hydrogen-bond acceptors (Lipinski definition) is 6. The molecule has 23 heavy (non-hydrogen) atoms. The Balaban J connectivity index is 0.00000156. The van der Waals surface area contributed by atoms with Crippen molar-refractivity contribution in [1.29, 1.82) is 0 Å². The number of thiophene rings is 1. The summed E-state index contributed by atoms with van der Waals surface area (Å²) in [4.78, 5) is 20.4. The quantitative estimate of drug-likeness (QED) is 0.791. The second-order valence-corrected chi connectivity index (χ2v) is 7.76. The first-order chi connectivity index (χ1) is 10.8. The van der Waals surface area contributed by atoms with Crippen LogP contribution in [0.25, 0.3) is 9.88 Å². The largest absolute Gasteiger partial charge is 0.457 e. The van der Waals surface area contributed by atoms with E-state index in [0.717, 1.165) is 29.4 Å². The molecular weight excluding hydrogens is 328 g/mol. The van der Waals surface area contributed by atoms with Crippen LogP contribution in [-0.2, 0) is 4.74 Å². The van der Waals surface area contributed by atoms with E-state index in [0.29, 0.717) is 11.6 Å². The average Bonchev–Trinajstić information content (AvgIpc) is 3.20. The first-order valence-electron chi connectivity index (χ1n) is 7.72. The molecule has 2 bridgehead atoms. The Labute approximate surface area is 145 Å². The van der Waals surface area contributed by atoms with Crippen LogP contribution in [0.3, 0.4) is 0 Å². The van der Waals surface area contributed by atoms with Gasteiger partial charge in [-0.25, -0.2) is 9.78 Å². The van der Waals surface area contributed by atoms with Gasteiger partial charge in [-0.15, -0.1) is 22.7 Å². The number of thiazole rings is 1. The van der Waals surface area contributed by atoms with E-state index in [9.17, 15) is 4.79 Å². The molecule has 2 aliphatic rings. The van der Waals surface area contributed by atoms with Crippen molar-refractivity contribution in [2.75, 3.05) is 19.6 Å². The molecule has 2 radical (unpaired) electrons. The fourth-order valence-corrected chi connectivity index (χ4v) is 4.98. The molecule has 0 saturated carbocycles. The van der Waals surface area contributed by atoms with Gasteiger partial charge in [-0.2, -0.15) is 0 Å². The first-order valence-corrected chi connectivity index (χ1v) is 9.48. The van der Waals surface area contributed by atoms with Crippen molar-refractivity contribution >= 4 is 28.6 Å². The normalized spacial score (nSPS) is 26.3. The maximum Gasteiger partial charge on any atom is 0.358 e. The number of esters is 1. The summed E-state index contributed by atoms with van der Waals surface area (Å²) in [6, 6.07) is 4.02. The standard InChI is InChI=1S/C16H18N2O2S2.CH2/c19-16(12-10-22-15(17-12)14-4-2-8-21-14)20-13-5-7-18-6-1-3-11(13)9-18;/h2,4,8,10-11,13H,1,3,5-7,9H2;1H2. The van der Waals surface area contributed by atoms with E-state index in [2.05, 4.69) is 9.88 Å². The van der Waals surface area contributed by atoms with E-state index in [1.807, 2.05) is 22.9 Å². The highest BCUT2D eigenvalue weighted by molar-refractivity contribution is 7.20. The van der Waals surface area contributed by atoms with Gasteiger partial charge in [-0.05, 0) is 37.3 Å². The lowest BCUT2D eigenvalue weighted by Gasteiger charge is -2.41. The smallest absolute Gasteiger partial charge is 0.358 e. The number of carbonyl (C=O) groups excluding carboxylic acids is 1. The van der Waals surface area contributed by atoms with Crippen LogP contribution in [-0.4, -0.2) is 41.6 Å². The topological polar surface area (TPSA) is 42.4 Å². The van der Waals surface area contributed by atoms with Crippen LogP contribution in [0.5, 0.6) is 0 Å². The van der Waals surface area contributed by atoms with Crippen molar-refractivity contribution in [3.8, 4) is 9.88 Å². The summed E-state index contributed by atoms with van der Waals surface area (Å²) in [6.45, 7) is 3.33. The third-order valence-electron chi connectivity index (χ3n) is 4.50. The van der Waals surface area contributed by atoms with Crippen molar-refractivity contribution in [2.24, 2.45) is 5.92 Å².